The zero-order chi connectivity index (χ0) is 28.1. The second kappa shape index (κ2) is 14.9. The highest BCUT2D eigenvalue weighted by molar-refractivity contribution is 5.95. The summed E-state index contributed by atoms with van der Waals surface area (Å²) in [5.74, 6) is -5.51. The van der Waals surface area contributed by atoms with Crippen LogP contribution in [-0.4, -0.2) is 81.7 Å². The Hall–Kier alpha value is -4.40. The minimum atomic E-state index is -1.58. The van der Waals surface area contributed by atoms with Gasteiger partial charge >= 0.3 is 11.9 Å². The van der Waals surface area contributed by atoms with E-state index in [0.717, 1.165) is 0 Å². The summed E-state index contributed by atoms with van der Waals surface area (Å²) in [4.78, 5) is 64.3. The van der Waals surface area contributed by atoms with Gasteiger partial charge in [-0.25, -0.2) is 0 Å². The number of carboxylic acids is 2. The molecule has 1 aromatic carbocycles. The lowest BCUT2D eigenvalue weighted by Gasteiger charge is -2.24. The van der Waals surface area contributed by atoms with Crippen molar-refractivity contribution in [2.24, 2.45) is 22.2 Å². The van der Waals surface area contributed by atoms with E-state index in [-0.39, 0.29) is 37.5 Å². The molecule has 0 bridgehead atoms. The normalized spacial score (nSPS) is 13.8. The Kier molecular flexibility index (Phi) is 12.3. The minimum Gasteiger partial charge on any atom is -0.508 e. The molecule has 15 heteroatoms. The number of carboxylic acid groups (broad SMARTS) is 2. The maximum absolute atomic E-state index is 12.9. The molecule has 0 fully saturated rings. The number of aliphatic imine (C=N–C) groups is 1. The summed E-state index contributed by atoms with van der Waals surface area (Å²) in [6, 6.07) is 0.638. The Bertz CT molecular complexity index is 995. The maximum atomic E-state index is 12.9. The first kappa shape index (κ1) is 30.6. The van der Waals surface area contributed by atoms with Crippen molar-refractivity contribution in [2.75, 3.05) is 6.54 Å². The largest absolute Gasteiger partial charge is 0.508 e. The second-order valence-corrected chi connectivity index (χ2v) is 8.21. The third-order valence-electron chi connectivity index (χ3n) is 5.05. The molecule has 12 N–H and O–H groups in total. The molecule has 4 unspecified atom stereocenters. The molecule has 0 aliphatic rings. The van der Waals surface area contributed by atoms with Crippen LogP contribution in [-0.2, 0) is 30.4 Å². The fraction of sp³-hybridized carbons (Fsp3) is 0.455. The molecule has 0 radical (unpaired) electrons. The van der Waals surface area contributed by atoms with Crippen molar-refractivity contribution in [1.29, 1.82) is 0 Å². The smallest absolute Gasteiger partial charge is 0.325 e. The Morgan fingerprint density at radius 1 is 0.919 bits per heavy atom. The summed E-state index contributed by atoms with van der Waals surface area (Å²) in [6.45, 7) is 1.33. The number of aliphatic carboxylic acids is 2. The topological polar surface area (TPSA) is 273 Å². The zero-order valence-electron chi connectivity index (χ0n) is 20.2. The van der Waals surface area contributed by atoms with Crippen LogP contribution >= 0.6 is 0 Å². The van der Waals surface area contributed by atoms with Crippen molar-refractivity contribution in [3.63, 3.8) is 0 Å². The highest BCUT2D eigenvalue weighted by Gasteiger charge is 2.30. The minimum absolute atomic E-state index is 0.0191. The molecular weight excluding hydrogens is 490 g/mol. The van der Waals surface area contributed by atoms with Crippen LogP contribution in [0.3, 0.4) is 0 Å². The monoisotopic (exact) mass is 523 g/mol. The predicted octanol–water partition coefficient (Wildman–Crippen LogP) is -2.65. The Balaban J connectivity index is 2.95. The molecule has 15 nitrogen and oxygen atoms in total. The number of benzene rings is 1. The van der Waals surface area contributed by atoms with Gasteiger partial charge in [0, 0.05) is 6.54 Å². The van der Waals surface area contributed by atoms with Crippen LogP contribution < -0.4 is 33.2 Å². The number of phenolic OH excluding ortho intramolecular Hbond substituents is 1. The first-order valence-corrected chi connectivity index (χ1v) is 11.2. The van der Waals surface area contributed by atoms with E-state index >= 15 is 0 Å². The third kappa shape index (κ3) is 11.7. The average Bonchev–Trinajstić information content (AvgIpc) is 2.81. The number of nitrogens with two attached hydrogens (primary N) is 3. The molecule has 1 rings (SSSR count). The number of guanidine groups is 1. The molecule has 204 valence electrons. The van der Waals surface area contributed by atoms with E-state index < -0.39 is 60.2 Å². The Morgan fingerprint density at radius 3 is 2.03 bits per heavy atom. The summed E-state index contributed by atoms with van der Waals surface area (Å²) >= 11 is 0. The number of hydrogen-bond acceptors (Lipinski definition) is 8. The van der Waals surface area contributed by atoms with Crippen LogP contribution in [0, 0.1) is 0 Å². The van der Waals surface area contributed by atoms with Gasteiger partial charge in [-0.2, -0.15) is 0 Å². The van der Waals surface area contributed by atoms with Gasteiger partial charge in [-0.1, -0.05) is 12.1 Å². The summed E-state index contributed by atoms with van der Waals surface area (Å²) in [5.41, 5.74) is 17.0. The van der Waals surface area contributed by atoms with Gasteiger partial charge in [-0.05, 0) is 43.9 Å². The fourth-order valence-corrected chi connectivity index (χ4v) is 3.06. The van der Waals surface area contributed by atoms with E-state index in [1.165, 1.54) is 19.1 Å². The first-order chi connectivity index (χ1) is 17.3. The van der Waals surface area contributed by atoms with Gasteiger partial charge in [0.2, 0.25) is 17.7 Å². The summed E-state index contributed by atoms with van der Waals surface area (Å²) < 4.78 is 0. The number of carbonyl (C=O) groups excluding carboxylic acids is 3. The highest BCUT2D eigenvalue weighted by Crippen LogP contribution is 2.11. The van der Waals surface area contributed by atoms with Crippen molar-refractivity contribution in [1.82, 2.24) is 16.0 Å². The quantitative estimate of drug-likeness (QED) is 0.0650. The molecule has 0 saturated heterocycles. The molecule has 0 saturated carbocycles. The van der Waals surface area contributed by atoms with Crippen LogP contribution in [0.4, 0.5) is 0 Å². The number of aromatic hydroxyl groups is 1. The first-order valence-electron chi connectivity index (χ1n) is 11.2. The molecule has 0 aliphatic heterocycles. The van der Waals surface area contributed by atoms with Crippen LogP contribution in [0.2, 0.25) is 0 Å². The van der Waals surface area contributed by atoms with E-state index in [2.05, 4.69) is 20.9 Å². The molecule has 37 heavy (non-hydrogen) atoms. The number of phenols is 1. The lowest BCUT2D eigenvalue weighted by molar-refractivity contribution is -0.143. The molecule has 4 atom stereocenters. The van der Waals surface area contributed by atoms with Crippen molar-refractivity contribution < 1.29 is 39.3 Å². The van der Waals surface area contributed by atoms with E-state index in [4.69, 9.17) is 22.3 Å². The number of hydrogen-bond donors (Lipinski definition) is 9. The Labute approximate surface area is 212 Å². The molecule has 0 aliphatic carbocycles. The summed E-state index contributed by atoms with van der Waals surface area (Å²) in [7, 11) is 0. The van der Waals surface area contributed by atoms with Crippen LogP contribution in [0.1, 0.15) is 31.7 Å². The molecule has 1 aromatic rings. The number of amides is 3. The van der Waals surface area contributed by atoms with Crippen LogP contribution in [0.15, 0.2) is 29.3 Å². The lowest BCUT2D eigenvalue weighted by Crippen LogP contribution is -2.57. The fourth-order valence-electron chi connectivity index (χ4n) is 3.06. The predicted molar refractivity (Wildman–Crippen MR) is 131 cm³/mol. The van der Waals surface area contributed by atoms with Gasteiger partial charge in [-0.15, -0.1) is 0 Å². The molecule has 0 spiro atoms. The van der Waals surface area contributed by atoms with Gasteiger partial charge in [0.1, 0.15) is 23.9 Å². The van der Waals surface area contributed by atoms with Gasteiger partial charge < -0.3 is 48.5 Å². The van der Waals surface area contributed by atoms with Crippen LogP contribution in [0.25, 0.3) is 0 Å². The van der Waals surface area contributed by atoms with E-state index in [9.17, 15) is 34.2 Å². The highest BCUT2D eigenvalue weighted by atomic mass is 16.4. The lowest BCUT2D eigenvalue weighted by atomic mass is 10.0. The number of nitrogens with zero attached hydrogens (tertiary/aromatic N) is 1. The molecule has 3 amide bonds. The Morgan fingerprint density at radius 2 is 1.49 bits per heavy atom. The number of nitrogens with one attached hydrogen (secondary N) is 3. The number of carbonyl (C=O) groups is 5. The van der Waals surface area contributed by atoms with E-state index in [1.54, 1.807) is 12.1 Å². The van der Waals surface area contributed by atoms with Gasteiger partial charge in [0.05, 0.1) is 12.5 Å². The SMILES string of the molecule is CC(NC(=O)C(CCCN=C(N)N)NC(=O)C(CC(=O)O)NC(=O)C(N)Cc1ccc(O)cc1)C(=O)O. The van der Waals surface area contributed by atoms with Crippen molar-refractivity contribution in [2.45, 2.75) is 56.8 Å². The van der Waals surface area contributed by atoms with E-state index in [1.807, 2.05) is 0 Å². The van der Waals surface area contributed by atoms with Crippen molar-refractivity contribution in [3.05, 3.63) is 29.8 Å². The standard InChI is InChI=1S/C22H33N7O8/c1-11(21(36)37)27-19(34)15(3-2-8-26-22(24)25)28-20(35)16(10-17(31)32)29-18(33)14(23)9-12-4-6-13(30)7-5-12/h4-7,11,14-16,30H,2-3,8-10,23H2,1H3,(H,27,34)(H,28,35)(H,29,33)(H,31,32)(H,36,37)(H4,24,25,26). The van der Waals surface area contributed by atoms with Crippen LogP contribution in [0.5, 0.6) is 5.75 Å². The van der Waals surface area contributed by atoms with Crippen molar-refractivity contribution >= 4 is 35.6 Å². The average molecular weight is 524 g/mol. The summed E-state index contributed by atoms with van der Waals surface area (Å²) in [5, 5.41) is 34.5. The van der Waals surface area contributed by atoms with Crippen molar-refractivity contribution in [3.8, 4) is 5.75 Å². The third-order valence-corrected chi connectivity index (χ3v) is 5.05. The van der Waals surface area contributed by atoms with E-state index in [0.29, 0.717) is 5.56 Å². The molecule has 0 heterocycles. The molecule has 0 aromatic heterocycles. The van der Waals surface area contributed by atoms with Gasteiger partial charge in [0.25, 0.3) is 0 Å². The van der Waals surface area contributed by atoms with Gasteiger partial charge in [-0.3, -0.25) is 29.0 Å². The maximum Gasteiger partial charge on any atom is 0.325 e. The summed E-state index contributed by atoms with van der Waals surface area (Å²) in [6.07, 6.45) is -0.576. The van der Waals surface area contributed by atoms with Gasteiger partial charge in [0.15, 0.2) is 5.96 Å². The second-order valence-electron chi connectivity index (χ2n) is 8.21. The molecular formula is C22H33N7O8. The zero-order valence-corrected chi connectivity index (χ0v) is 20.2. The number of rotatable bonds is 15.